The van der Waals surface area contributed by atoms with Gasteiger partial charge in [-0.05, 0) is 12.8 Å². The van der Waals surface area contributed by atoms with E-state index in [0.29, 0.717) is 0 Å². The maximum atomic E-state index is 5.24. The van der Waals surface area contributed by atoms with E-state index in [1.165, 1.54) is 12.8 Å². The molecule has 0 aliphatic heterocycles. The fourth-order valence-electron chi connectivity index (χ4n) is 0.648. The summed E-state index contributed by atoms with van der Waals surface area (Å²) >= 11 is 0. The van der Waals surface area contributed by atoms with E-state index in [4.69, 9.17) is 4.74 Å². The van der Waals surface area contributed by atoms with Gasteiger partial charge in [-0.1, -0.05) is 32.4 Å². The van der Waals surface area contributed by atoms with Crippen molar-refractivity contribution in [2.24, 2.45) is 0 Å². The third-order valence-electron chi connectivity index (χ3n) is 1.18. The van der Waals surface area contributed by atoms with Crippen LogP contribution in [0.2, 0.25) is 0 Å². The van der Waals surface area contributed by atoms with Crippen LogP contribution in [0.4, 0.5) is 0 Å². The molecule has 0 aromatic carbocycles. The molecule has 10 heavy (non-hydrogen) atoms. The van der Waals surface area contributed by atoms with E-state index in [2.05, 4.69) is 26.0 Å². The van der Waals surface area contributed by atoms with E-state index in [1.54, 1.807) is 0 Å². The molecule has 0 bridgehead atoms. The van der Waals surface area contributed by atoms with Gasteiger partial charge in [0.2, 0.25) is 0 Å². The van der Waals surface area contributed by atoms with Crippen molar-refractivity contribution in [2.45, 2.75) is 33.1 Å². The summed E-state index contributed by atoms with van der Waals surface area (Å²) in [5, 5.41) is 0. The number of hydrogen-bond donors (Lipinski definition) is 0. The topological polar surface area (TPSA) is 9.23 Å². The lowest BCUT2D eigenvalue weighted by atomic mass is 10.3. The lowest BCUT2D eigenvalue weighted by Crippen LogP contribution is -1.91. The van der Waals surface area contributed by atoms with Gasteiger partial charge in [0.25, 0.3) is 0 Å². The molecule has 0 aliphatic carbocycles. The first-order chi connectivity index (χ1) is 4.91. The third kappa shape index (κ3) is 7.70. The minimum Gasteiger partial charge on any atom is -0.377 e. The van der Waals surface area contributed by atoms with E-state index in [9.17, 15) is 0 Å². The van der Waals surface area contributed by atoms with E-state index >= 15 is 0 Å². The van der Waals surface area contributed by atoms with Gasteiger partial charge in [0.05, 0.1) is 6.61 Å². The van der Waals surface area contributed by atoms with Crippen LogP contribution >= 0.6 is 0 Å². The first-order valence-electron chi connectivity index (χ1n) is 4.14. The van der Waals surface area contributed by atoms with Gasteiger partial charge in [-0.3, -0.25) is 0 Å². The highest BCUT2D eigenvalue weighted by atomic mass is 16.5. The van der Waals surface area contributed by atoms with Crippen molar-refractivity contribution in [2.75, 3.05) is 13.2 Å². The van der Waals surface area contributed by atoms with Crippen LogP contribution in [0.15, 0.2) is 12.2 Å². The minimum atomic E-state index is 0.786. The highest BCUT2D eigenvalue weighted by Crippen LogP contribution is 1.88. The Balaban J connectivity index is 2.88. The summed E-state index contributed by atoms with van der Waals surface area (Å²) in [7, 11) is 0. The zero-order valence-corrected chi connectivity index (χ0v) is 7.10. The van der Waals surface area contributed by atoms with Crippen molar-refractivity contribution in [1.82, 2.24) is 0 Å². The molecule has 0 saturated carbocycles. The van der Waals surface area contributed by atoms with Crippen molar-refractivity contribution in [3.05, 3.63) is 12.2 Å². The third-order valence-corrected chi connectivity index (χ3v) is 1.18. The van der Waals surface area contributed by atoms with Gasteiger partial charge in [0.1, 0.15) is 0 Å². The van der Waals surface area contributed by atoms with Crippen LogP contribution in [0.5, 0.6) is 0 Å². The highest BCUT2D eigenvalue weighted by molar-refractivity contribution is 4.80. The number of ether oxygens (including phenoxy) is 1. The minimum absolute atomic E-state index is 0.786. The second-order valence-corrected chi connectivity index (χ2v) is 2.33. The van der Waals surface area contributed by atoms with Gasteiger partial charge in [-0.2, -0.15) is 0 Å². The number of rotatable bonds is 6. The van der Waals surface area contributed by atoms with Crippen molar-refractivity contribution in [1.29, 1.82) is 0 Å². The SMILES string of the molecule is CCC/C=C/COCCC. The average molecular weight is 142 g/mol. The van der Waals surface area contributed by atoms with Gasteiger partial charge in [0.15, 0.2) is 0 Å². The molecule has 0 N–H and O–H groups in total. The van der Waals surface area contributed by atoms with E-state index in [0.717, 1.165) is 19.6 Å². The van der Waals surface area contributed by atoms with Crippen LogP contribution in [-0.4, -0.2) is 13.2 Å². The van der Waals surface area contributed by atoms with Gasteiger partial charge < -0.3 is 4.74 Å². The maximum Gasteiger partial charge on any atom is 0.0647 e. The second kappa shape index (κ2) is 8.70. The average Bonchev–Trinajstić information content (AvgIpc) is 1.97. The monoisotopic (exact) mass is 142 g/mol. The quantitative estimate of drug-likeness (QED) is 0.409. The van der Waals surface area contributed by atoms with E-state index in [-0.39, 0.29) is 0 Å². The van der Waals surface area contributed by atoms with Crippen LogP contribution in [0.3, 0.4) is 0 Å². The first-order valence-corrected chi connectivity index (χ1v) is 4.14. The summed E-state index contributed by atoms with van der Waals surface area (Å²) in [5.74, 6) is 0. The Labute approximate surface area is 64.1 Å². The van der Waals surface area contributed by atoms with Gasteiger partial charge in [-0.15, -0.1) is 0 Å². The molecular formula is C9H18O. The Morgan fingerprint density at radius 3 is 2.50 bits per heavy atom. The second-order valence-electron chi connectivity index (χ2n) is 2.33. The Morgan fingerprint density at radius 2 is 1.90 bits per heavy atom. The van der Waals surface area contributed by atoms with Crippen molar-refractivity contribution < 1.29 is 4.74 Å². The number of unbranched alkanes of at least 4 members (excludes halogenated alkanes) is 1. The van der Waals surface area contributed by atoms with Gasteiger partial charge >= 0.3 is 0 Å². The summed E-state index contributed by atoms with van der Waals surface area (Å²) in [6.45, 7) is 5.97. The molecule has 1 heteroatoms. The zero-order valence-electron chi connectivity index (χ0n) is 7.10. The molecule has 0 aromatic heterocycles. The van der Waals surface area contributed by atoms with Crippen LogP contribution in [0.25, 0.3) is 0 Å². The molecule has 0 aliphatic rings. The summed E-state index contributed by atoms with van der Waals surface area (Å²) < 4.78 is 5.24. The summed E-state index contributed by atoms with van der Waals surface area (Å²) in [6, 6.07) is 0. The van der Waals surface area contributed by atoms with Crippen LogP contribution in [0.1, 0.15) is 33.1 Å². The molecule has 0 spiro atoms. The zero-order chi connectivity index (χ0) is 7.66. The van der Waals surface area contributed by atoms with Crippen molar-refractivity contribution in [3.63, 3.8) is 0 Å². The molecule has 0 fully saturated rings. The molecule has 0 saturated heterocycles. The summed E-state index contributed by atoms with van der Waals surface area (Å²) in [6.07, 6.45) is 7.79. The smallest absolute Gasteiger partial charge is 0.0647 e. The maximum absolute atomic E-state index is 5.24. The lowest BCUT2D eigenvalue weighted by Gasteiger charge is -1.94. The molecule has 60 valence electrons. The Morgan fingerprint density at radius 1 is 1.10 bits per heavy atom. The molecule has 0 amide bonds. The molecule has 0 atom stereocenters. The Kier molecular flexibility index (Phi) is 8.44. The predicted molar refractivity (Wildman–Crippen MR) is 45.2 cm³/mol. The van der Waals surface area contributed by atoms with Crippen LogP contribution < -0.4 is 0 Å². The molecule has 0 rings (SSSR count). The van der Waals surface area contributed by atoms with Crippen molar-refractivity contribution >= 4 is 0 Å². The van der Waals surface area contributed by atoms with E-state index in [1.807, 2.05) is 0 Å². The first kappa shape index (κ1) is 9.70. The van der Waals surface area contributed by atoms with Gasteiger partial charge in [0, 0.05) is 6.61 Å². The highest BCUT2D eigenvalue weighted by Gasteiger charge is 1.78. The van der Waals surface area contributed by atoms with E-state index < -0.39 is 0 Å². The fourth-order valence-corrected chi connectivity index (χ4v) is 0.648. The predicted octanol–water partition coefficient (Wildman–Crippen LogP) is 2.77. The fraction of sp³-hybridized carbons (Fsp3) is 0.778. The standard InChI is InChI=1S/C9H18O/c1-3-5-6-7-9-10-8-4-2/h6-7H,3-5,8-9H2,1-2H3/b7-6+. The Bertz CT molecular complexity index is 76.8. The molecule has 0 radical (unpaired) electrons. The van der Waals surface area contributed by atoms with Crippen LogP contribution in [-0.2, 0) is 4.74 Å². The largest absolute Gasteiger partial charge is 0.377 e. The lowest BCUT2D eigenvalue weighted by molar-refractivity contribution is 0.163. The molecule has 0 aromatic rings. The Hall–Kier alpha value is -0.300. The molecule has 0 heterocycles. The molecular weight excluding hydrogens is 124 g/mol. The van der Waals surface area contributed by atoms with Crippen LogP contribution in [0, 0.1) is 0 Å². The number of hydrogen-bond acceptors (Lipinski definition) is 1. The summed E-state index contributed by atoms with van der Waals surface area (Å²) in [5.41, 5.74) is 0. The summed E-state index contributed by atoms with van der Waals surface area (Å²) in [4.78, 5) is 0. The molecule has 0 unspecified atom stereocenters. The normalized spacial score (nSPS) is 11.0. The number of allylic oxidation sites excluding steroid dienone is 1. The van der Waals surface area contributed by atoms with Crippen molar-refractivity contribution in [3.8, 4) is 0 Å². The molecule has 1 nitrogen and oxygen atoms in total. The van der Waals surface area contributed by atoms with Gasteiger partial charge in [-0.25, -0.2) is 0 Å².